The van der Waals surface area contributed by atoms with Crippen LogP contribution in [0.5, 0.6) is 0 Å². The molecule has 0 saturated heterocycles. The Morgan fingerprint density at radius 3 is 1.56 bits per heavy atom. The van der Waals surface area contributed by atoms with Crippen molar-refractivity contribution in [1.29, 1.82) is 0 Å². The topological polar surface area (TPSA) is 169 Å². The van der Waals surface area contributed by atoms with E-state index >= 15 is 0 Å². The van der Waals surface area contributed by atoms with Gasteiger partial charge in [0.15, 0.2) is 6.04 Å². The second-order valence-corrected chi connectivity index (χ2v) is 19.1. The van der Waals surface area contributed by atoms with Crippen LogP contribution in [0.25, 0.3) is 21.5 Å². The lowest BCUT2D eigenvalue weighted by Gasteiger charge is -2.27. The number of carbonyl (C=O) groups is 6. The molecule has 12 heteroatoms. The predicted octanol–water partition coefficient (Wildman–Crippen LogP) is 9.07. The molecule has 70 heavy (non-hydrogen) atoms. The molecule has 4 amide bonds. The molecule has 4 atom stereocenters. The molecule has 12 nitrogen and oxygen atoms in total. The molecule has 0 spiro atoms. The first-order valence-corrected chi connectivity index (χ1v) is 23.2. The number of fused-ring (bicyclic) bond motifs is 2. The number of benzene rings is 7. The van der Waals surface area contributed by atoms with Gasteiger partial charge in [-0.25, -0.2) is 9.59 Å². The Labute approximate surface area is 408 Å². The number of carbonyl (C=O) groups excluding carboxylic acids is 6. The maximum atomic E-state index is 14.8. The molecule has 0 heterocycles. The van der Waals surface area contributed by atoms with E-state index in [1.165, 1.54) is 12.1 Å². The smallest absolute Gasteiger partial charge is 0.333 e. The average Bonchev–Trinajstić information content (AvgIpc) is 3.33. The Hall–Kier alpha value is -8.12. The summed E-state index contributed by atoms with van der Waals surface area (Å²) in [7, 11) is 0. The van der Waals surface area contributed by atoms with E-state index in [0.717, 1.165) is 27.3 Å². The van der Waals surface area contributed by atoms with E-state index in [-0.39, 0.29) is 24.0 Å². The number of nitrogens with one attached hydrogen (secondary N) is 4. The molecule has 4 N–H and O–H groups in total. The molecular formula is C58H58N4O8. The Bertz CT molecular complexity index is 3000. The van der Waals surface area contributed by atoms with Gasteiger partial charge in [0, 0.05) is 12.8 Å². The Morgan fingerprint density at radius 1 is 0.429 bits per heavy atom. The predicted molar refractivity (Wildman–Crippen MR) is 271 cm³/mol. The summed E-state index contributed by atoms with van der Waals surface area (Å²) in [5.41, 5.74) is 0.528. The standard InChI is InChI=1S/C58H58N4O8/c1-57(2,3)69-55(67)48(35-37-21-9-7-10-22-37)60-53(65)47(36-41-29-19-27-38-23-13-15-30-42(38)41)59-51(63)45-32-17-18-33-46(45)52(64)62-50(44-34-20-28-39-24-14-16-31-43(39)44)54(66)61-49(40-25-11-8-12-26-40)56(68)70-58(4,5)6/h7-34,47-50H,35-36H2,1-6H3,(H,59,63)(H,60,65)(H,61,66)(H,62,64)/t47-,48-,49-,50-/m0/s1. The number of hydrogen-bond acceptors (Lipinski definition) is 8. The zero-order chi connectivity index (χ0) is 50.0. The summed E-state index contributed by atoms with van der Waals surface area (Å²) in [5.74, 6) is -4.25. The lowest BCUT2D eigenvalue weighted by atomic mass is 9.96. The molecule has 7 aromatic rings. The Morgan fingerprint density at radius 2 is 0.929 bits per heavy atom. The zero-order valence-electron chi connectivity index (χ0n) is 40.2. The highest BCUT2D eigenvalue weighted by molar-refractivity contribution is 6.09. The quantitative estimate of drug-likeness (QED) is 0.0696. The van der Waals surface area contributed by atoms with Crippen LogP contribution in [0.15, 0.2) is 170 Å². The van der Waals surface area contributed by atoms with E-state index in [1.54, 1.807) is 96.1 Å². The van der Waals surface area contributed by atoms with Crippen LogP contribution in [0.3, 0.4) is 0 Å². The van der Waals surface area contributed by atoms with Gasteiger partial charge in [-0.1, -0.05) is 158 Å². The van der Waals surface area contributed by atoms with E-state index in [9.17, 15) is 28.8 Å². The van der Waals surface area contributed by atoms with Crippen LogP contribution in [0.2, 0.25) is 0 Å². The van der Waals surface area contributed by atoms with Gasteiger partial charge in [-0.3, -0.25) is 19.2 Å². The third kappa shape index (κ3) is 12.9. The molecule has 7 aromatic carbocycles. The molecule has 7 rings (SSSR count). The minimum absolute atomic E-state index is 0.0171. The molecule has 0 aliphatic rings. The summed E-state index contributed by atoms with van der Waals surface area (Å²) >= 11 is 0. The maximum Gasteiger partial charge on any atom is 0.333 e. The summed E-state index contributed by atoms with van der Waals surface area (Å²) in [6, 6.07) is 45.1. The van der Waals surface area contributed by atoms with Crippen LogP contribution in [0.1, 0.15) is 96.6 Å². The van der Waals surface area contributed by atoms with Crippen molar-refractivity contribution in [3.8, 4) is 0 Å². The first-order valence-electron chi connectivity index (χ1n) is 23.2. The van der Waals surface area contributed by atoms with Crippen molar-refractivity contribution >= 4 is 57.1 Å². The molecule has 0 saturated carbocycles. The highest BCUT2D eigenvalue weighted by atomic mass is 16.6. The van der Waals surface area contributed by atoms with Crippen molar-refractivity contribution in [1.82, 2.24) is 21.3 Å². The van der Waals surface area contributed by atoms with Crippen LogP contribution in [0.4, 0.5) is 0 Å². The third-order valence-corrected chi connectivity index (χ3v) is 11.4. The monoisotopic (exact) mass is 938 g/mol. The first kappa shape index (κ1) is 49.8. The van der Waals surface area contributed by atoms with Crippen LogP contribution in [-0.4, -0.2) is 58.9 Å². The normalized spacial score (nSPS) is 13.2. The SMILES string of the molecule is CC(C)(C)OC(=O)[C@H](Cc1ccccc1)NC(=O)[C@H](Cc1cccc2ccccc12)NC(=O)c1ccccc1C(=O)N[C@H](C(=O)N[C@H](C(=O)OC(C)(C)C)c1ccccc1)c1cccc2ccccc12. The highest BCUT2D eigenvalue weighted by Gasteiger charge is 2.35. The lowest BCUT2D eigenvalue weighted by molar-refractivity contribution is -0.159. The fourth-order valence-corrected chi connectivity index (χ4v) is 8.21. The minimum Gasteiger partial charge on any atom is -0.458 e. The van der Waals surface area contributed by atoms with Crippen molar-refractivity contribution < 1.29 is 38.2 Å². The molecule has 0 aromatic heterocycles. The van der Waals surface area contributed by atoms with Gasteiger partial charge in [-0.15, -0.1) is 0 Å². The van der Waals surface area contributed by atoms with Crippen molar-refractivity contribution in [3.05, 3.63) is 203 Å². The van der Waals surface area contributed by atoms with E-state index in [4.69, 9.17) is 9.47 Å². The molecular weight excluding hydrogens is 881 g/mol. The van der Waals surface area contributed by atoms with E-state index in [2.05, 4.69) is 21.3 Å². The second-order valence-electron chi connectivity index (χ2n) is 19.1. The highest BCUT2D eigenvalue weighted by Crippen LogP contribution is 2.28. The summed E-state index contributed by atoms with van der Waals surface area (Å²) in [6.45, 7) is 10.4. The van der Waals surface area contributed by atoms with Gasteiger partial charge >= 0.3 is 11.9 Å². The molecule has 0 aliphatic carbocycles. The summed E-state index contributed by atoms with van der Waals surface area (Å²) in [4.78, 5) is 86.3. The average molecular weight is 939 g/mol. The fraction of sp³-hybridized carbons (Fsp3) is 0.241. The zero-order valence-corrected chi connectivity index (χ0v) is 40.2. The second kappa shape index (κ2) is 21.9. The number of esters is 2. The van der Waals surface area contributed by atoms with Gasteiger partial charge in [0.2, 0.25) is 11.8 Å². The number of ether oxygens (including phenoxy) is 2. The minimum atomic E-state index is -1.39. The van der Waals surface area contributed by atoms with Crippen LogP contribution in [-0.2, 0) is 41.5 Å². The van der Waals surface area contributed by atoms with Crippen LogP contribution in [0, 0.1) is 0 Å². The van der Waals surface area contributed by atoms with E-state index < -0.39 is 70.9 Å². The number of rotatable bonds is 16. The van der Waals surface area contributed by atoms with Gasteiger partial charge in [0.1, 0.15) is 29.3 Å². The summed E-state index contributed by atoms with van der Waals surface area (Å²) in [5, 5.41) is 14.8. The molecule has 0 aliphatic heterocycles. The molecule has 0 fully saturated rings. The molecule has 358 valence electrons. The number of amides is 4. The maximum absolute atomic E-state index is 14.8. The van der Waals surface area contributed by atoms with Gasteiger partial charge in [0.25, 0.3) is 11.8 Å². The molecule has 0 unspecified atom stereocenters. The van der Waals surface area contributed by atoms with Gasteiger partial charge in [-0.2, -0.15) is 0 Å². The first-order chi connectivity index (χ1) is 33.4. The van der Waals surface area contributed by atoms with E-state index in [1.807, 2.05) is 103 Å². The lowest BCUT2D eigenvalue weighted by Crippen LogP contribution is -2.54. The molecule has 0 radical (unpaired) electrons. The van der Waals surface area contributed by atoms with Crippen molar-refractivity contribution in [2.24, 2.45) is 0 Å². The van der Waals surface area contributed by atoms with Gasteiger partial charge < -0.3 is 30.7 Å². The fourth-order valence-electron chi connectivity index (χ4n) is 8.21. The van der Waals surface area contributed by atoms with Crippen LogP contribution >= 0.6 is 0 Å². The largest absolute Gasteiger partial charge is 0.458 e. The molecule has 0 bridgehead atoms. The van der Waals surface area contributed by atoms with E-state index in [0.29, 0.717) is 16.5 Å². The summed E-state index contributed by atoms with van der Waals surface area (Å²) < 4.78 is 11.5. The summed E-state index contributed by atoms with van der Waals surface area (Å²) in [6.07, 6.45) is 0.137. The van der Waals surface area contributed by atoms with Gasteiger partial charge in [0.05, 0.1) is 11.1 Å². The van der Waals surface area contributed by atoms with Crippen molar-refractivity contribution in [2.75, 3.05) is 0 Å². The Balaban J connectivity index is 1.22. The van der Waals surface area contributed by atoms with Gasteiger partial charge in [-0.05, 0) is 97.5 Å². The van der Waals surface area contributed by atoms with Crippen molar-refractivity contribution in [2.45, 2.75) is 89.8 Å². The Kier molecular flexibility index (Phi) is 15.6. The van der Waals surface area contributed by atoms with Crippen molar-refractivity contribution in [3.63, 3.8) is 0 Å². The number of hydrogen-bond donors (Lipinski definition) is 4. The van der Waals surface area contributed by atoms with Crippen LogP contribution < -0.4 is 21.3 Å². The third-order valence-electron chi connectivity index (χ3n) is 11.4.